The predicted octanol–water partition coefficient (Wildman–Crippen LogP) is 0.860. The summed E-state index contributed by atoms with van der Waals surface area (Å²) in [7, 11) is 1.34. The number of methoxy groups -OCH3 is 1. The fourth-order valence-electron chi connectivity index (χ4n) is 1.02. The van der Waals surface area contributed by atoms with Gasteiger partial charge in [-0.25, -0.2) is 9.97 Å². The van der Waals surface area contributed by atoms with Gasteiger partial charge in [0.1, 0.15) is 17.5 Å². The fraction of sp³-hybridized carbons (Fsp3) is 0.500. The van der Waals surface area contributed by atoms with E-state index < -0.39 is 0 Å². The van der Waals surface area contributed by atoms with Crippen molar-refractivity contribution < 1.29 is 14.3 Å². The first-order chi connectivity index (χ1) is 8.15. The summed E-state index contributed by atoms with van der Waals surface area (Å²) in [6.07, 6.45) is 0. The maximum atomic E-state index is 11.0. The Morgan fingerprint density at radius 3 is 2.94 bits per heavy atom. The highest BCUT2D eigenvalue weighted by Crippen LogP contribution is 2.17. The summed E-state index contributed by atoms with van der Waals surface area (Å²) in [6, 6.07) is 1.61. The van der Waals surface area contributed by atoms with Crippen molar-refractivity contribution >= 4 is 23.5 Å². The van der Waals surface area contributed by atoms with Gasteiger partial charge >= 0.3 is 5.97 Å². The van der Waals surface area contributed by atoms with Crippen LogP contribution in [-0.2, 0) is 20.9 Å². The average molecular weight is 257 g/mol. The maximum Gasteiger partial charge on any atom is 0.316 e. The number of carbonyl (C=O) groups excluding carboxylic acids is 1. The molecule has 0 saturated carbocycles. The molecule has 0 aliphatic rings. The largest absolute Gasteiger partial charge is 0.468 e. The molecule has 0 amide bonds. The third-order valence-electron chi connectivity index (χ3n) is 1.77. The van der Waals surface area contributed by atoms with E-state index in [-0.39, 0.29) is 11.7 Å². The molecule has 0 aliphatic carbocycles. The molecular formula is C10H15N3O3S. The molecule has 94 valence electrons. The van der Waals surface area contributed by atoms with Crippen LogP contribution in [-0.4, -0.2) is 35.4 Å². The molecule has 0 spiro atoms. The highest BCUT2D eigenvalue weighted by Gasteiger charge is 2.06. The second-order valence-corrected chi connectivity index (χ2v) is 4.04. The number of esters is 1. The zero-order valence-corrected chi connectivity index (χ0v) is 10.6. The van der Waals surface area contributed by atoms with Crippen LogP contribution in [0.4, 0.5) is 5.82 Å². The van der Waals surface area contributed by atoms with Crippen molar-refractivity contribution in [3.8, 4) is 0 Å². The molecule has 0 unspecified atom stereocenters. The topological polar surface area (TPSA) is 87.3 Å². The van der Waals surface area contributed by atoms with E-state index in [1.54, 1.807) is 6.07 Å². The van der Waals surface area contributed by atoms with Gasteiger partial charge in [-0.3, -0.25) is 4.79 Å². The molecule has 0 aromatic carbocycles. The van der Waals surface area contributed by atoms with E-state index in [0.717, 1.165) is 0 Å². The normalized spacial score (nSPS) is 10.2. The number of rotatable bonds is 6. The van der Waals surface area contributed by atoms with E-state index >= 15 is 0 Å². The summed E-state index contributed by atoms with van der Waals surface area (Å²) in [6.45, 7) is 2.79. The van der Waals surface area contributed by atoms with Crippen molar-refractivity contribution in [1.82, 2.24) is 9.97 Å². The Hall–Kier alpha value is -1.34. The van der Waals surface area contributed by atoms with Gasteiger partial charge in [-0.1, -0.05) is 11.8 Å². The van der Waals surface area contributed by atoms with Crippen LogP contribution in [0, 0.1) is 0 Å². The molecule has 17 heavy (non-hydrogen) atoms. The zero-order valence-electron chi connectivity index (χ0n) is 9.80. The molecule has 1 rings (SSSR count). The standard InChI is InChI=1S/C10H15N3O3S/c1-3-16-5-8-12-7(11)4-9(13-8)17-6-10(14)15-2/h4H,3,5-6H2,1-2H3,(H2,11,12,13). The maximum absolute atomic E-state index is 11.0. The van der Waals surface area contributed by atoms with E-state index in [0.29, 0.717) is 29.9 Å². The second-order valence-electron chi connectivity index (χ2n) is 3.05. The monoisotopic (exact) mass is 257 g/mol. The van der Waals surface area contributed by atoms with Crippen LogP contribution in [0.15, 0.2) is 11.1 Å². The number of nitrogens with two attached hydrogens (primary N) is 1. The van der Waals surface area contributed by atoms with Crippen LogP contribution in [0.1, 0.15) is 12.7 Å². The van der Waals surface area contributed by atoms with E-state index in [9.17, 15) is 4.79 Å². The molecule has 0 bridgehead atoms. The third kappa shape index (κ3) is 5.01. The number of aromatic nitrogens is 2. The minimum Gasteiger partial charge on any atom is -0.468 e. The summed E-state index contributed by atoms with van der Waals surface area (Å²) >= 11 is 1.25. The van der Waals surface area contributed by atoms with E-state index in [2.05, 4.69) is 14.7 Å². The van der Waals surface area contributed by atoms with Crippen LogP contribution in [0.3, 0.4) is 0 Å². The van der Waals surface area contributed by atoms with Crippen LogP contribution in [0.25, 0.3) is 0 Å². The Bertz CT molecular complexity index is 387. The van der Waals surface area contributed by atoms with Crippen LogP contribution in [0.5, 0.6) is 0 Å². The lowest BCUT2D eigenvalue weighted by atomic mass is 10.5. The molecule has 1 aromatic rings. The van der Waals surface area contributed by atoms with E-state index in [4.69, 9.17) is 10.5 Å². The van der Waals surface area contributed by atoms with Gasteiger partial charge in [-0.15, -0.1) is 0 Å². The summed E-state index contributed by atoms with van der Waals surface area (Å²) < 4.78 is 9.73. The highest BCUT2D eigenvalue weighted by molar-refractivity contribution is 7.99. The number of nitrogen functional groups attached to an aromatic ring is 1. The number of hydrogen-bond donors (Lipinski definition) is 1. The lowest BCUT2D eigenvalue weighted by molar-refractivity contribution is -0.137. The molecule has 0 atom stereocenters. The lowest BCUT2D eigenvalue weighted by Gasteiger charge is -2.05. The van der Waals surface area contributed by atoms with Gasteiger partial charge in [-0.2, -0.15) is 0 Å². The van der Waals surface area contributed by atoms with Crippen LogP contribution < -0.4 is 5.73 Å². The highest BCUT2D eigenvalue weighted by atomic mass is 32.2. The first-order valence-electron chi connectivity index (χ1n) is 5.06. The molecule has 7 heteroatoms. The third-order valence-corrected chi connectivity index (χ3v) is 2.65. The molecule has 0 aliphatic heterocycles. The quantitative estimate of drug-likeness (QED) is 0.459. The fourth-order valence-corrected chi connectivity index (χ4v) is 1.77. The Balaban J connectivity index is 2.65. The zero-order chi connectivity index (χ0) is 12.7. The molecule has 2 N–H and O–H groups in total. The van der Waals surface area contributed by atoms with Gasteiger partial charge in [0.05, 0.1) is 12.9 Å². The lowest BCUT2D eigenvalue weighted by Crippen LogP contribution is -2.06. The molecule has 6 nitrogen and oxygen atoms in total. The Morgan fingerprint density at radius 1 is 1.53 bits per heavy atom. The van der Waals surface area contributed by atoms with Crippen LogP contribution in [0.2, 0.25) is 0 Å². The van der Waals surface area contributed by atoms with E-state index in [1.165, 1.54) is 18.9 Å². The summed E-state index contributed by atoms with van der Waals surface area (Å²) in [4.78, 5) is 19.2. The number of hydrogen-bond acceptors (Lipinski definition) is 7. The van der Waals surface area contributed by atoms with Crippen LogP contribution >= 0.6 is 11.8 Å². The van der Waals surface area contributed by atoms with Gasteiger partial charge in [0.15, 0.2) is 5.82 Å². The predicted molar refractivity (Wildman–Crippen MR) is 64.5 cm³/mol. The number of anilines is 1. The number of nitrogens with zero attached hydrogens (tertiary/aromatic N) is 2. The SMILES string of the molecule is CCOCc1nc(N)cc(SCC(=O)OC)n1. The second kappa shape index (κ2) is 7.08. The summed E-state index contributed by atoms with van der Waals surface area (Å²) in [5.74, 6) is 0.765. The number of thioether (sulfide) groups is 1. The van der Waals surface area contributed by atoms with Gasteiger partial charge < -0.3 is 15.2 Å². The van der Waals surface area contributed by atoms with E-state index in [1.807, 2.05) is 6.92 Å². The summed E-state index contributed by atoms with van der Waals surface area (Å²) in [5.41, 5.74) is 5.63. The smallest absolute Gasteiger partial charge is 0.316 e. The minimum absolute atomic E-state index is 0.195. The van der Waals surface area contributed by atoms with Crippen molar-refractivity contribution in [1.29, 1.82) is 0 Å². The molecule has 0 fully saturated rings. The Labute approximate surface area is 104 Å². The van der Waals surface area contributed by atoms with Crippen molar-refractivity contribution in [3.63, 3.8) is 0 Å². The van der Waals surface area contributed by atoms with Crippen molar-refractivity contribution in [2.75, 3.05) is 25.2 Å². The molecular weight excluding hydrogens is 242 g/mol. The van der Waals surface area contributed by atoms with Crippen molar-refractivity contribution in [2.24, 2.45) is 0 Å². The molecule has 0 radical (unpaired) electrons. The molecule has 1 heterocycles. The first-order valence-corrected chi connectivity index (χ1v) is 6.05. The Kier molecular flexibility index (Phi) is 5.71. The number of carbonyl (C=O) groups is 1. The van der Waals surface area contributed by atoms with Gasteiger partial charge in [0, 0.05) is 12.7 Å². The van der Waals surface area contributed by atoms with Crippen molar-refractivity contribution in [2.45, 2.75) is 18.6 Å². The van der Waals surface area contributed by atoms with Gasteiger partial charge in [0.25, 0.3) is 0 Å². The van der Waals surface area contributed by atoms with Crippen molar-refractivity contribution in [3.05, 3.63) is 11.9 Å². The minimum atomic E-state index is -0.307. The first kappa shape index (κ1) is 13.7. The Morgan fingerprint density at radius 2 is 2.29 bits per heavy atom. The van der Waals surface area contributed by atoms with Gasteiger partial charge in [-0.05, 0) is 6.92 Å². The number of ether oxygens (including phenoxy) is 2. The summed E-state index contributed by atoms with van der Waals surface area (Å²) in [5, 5.41) is 0.637. The molecule has 1 aromatic heterocycles. The van der Waals surface area contributed by atoms with Gasteiger partial charge in [0.2, 0.25) is 0 Å². The molecule has 0 saturated heterocycles. The average Bonchev–Trinajstić information content (AvgIpc) is 2.32.